The van der Waals surface area contributed by atoms with Gasteiger partial charge in [-0.25, -0.2) is 9.18 Å². The van der Waals surface area contributed by atoms with Crippen LogP contribution in [0.15, 0.2) is 36.4 Å². The van der Waals surface area contributed by atoms with Crippen LogP contribution in [0, 0.1) is 5.82 Å². The summed E-state index contributed by atoms with van der Waals surface area (Å²) in [6, 6.07) is 9.22. The third-order valence-corrected chi connectivity index (χ3v) is 5.08. The van der Waals surface area contributed by atoms with Crippen LogP contribution >= 0.6 is 0 Å². The smallest absolute Gasteiger partial charge is 0.342 e. The summed E-state index contributed by atoms with van der Waals surface area (Å²) >= 11 is 0. The first-order valence-corrected chi connectivity index (χ1v) is 9.72. The lowest BCUT2D eigenvalue weighted by Crippen LogP contribution is -2.49. The number of carbonyl (C=O) groups is 2. The summed E-state index contributed by atoms with van der Waals surface area (Å²) in [5.41, 5.74) is 1.04. The molecule has 0 unspecified atom stereocenters. The number of hydrogen-bond donors (Lipinski definition) is 0. The monoisotopic (exact) mass is 432 g/mol. The molecule has 0 aromatic heterocycles. The van der Waals surface area contributed by atoms with Gasteiger partial charge in [-0.2, -0.15) is 0 Å². The summed E-state index contributed by atoms with van der Waals surface area (Å²) in [7, 11) is 4.35. The molecule has 8 nitrogen and oxygen atoms in total. The van der Waals surface area contributed by atoms with Crippen molar-refractivity contribution in [2.24, 2.45) is 0 Å². The van der Waals surface area contributed by atoms with Gasteiger partial charge in [0.05, 0.1) is 21.3 Å². The van der Waals surface area contributed by atoms with E-state index < -0.39 is 5.97 Å². The number of halogens is 1. The molecule has 31 heavy (non-hydrogen) atoms. The molecular formula is C22H25FN2O6. The molecule has 0 bridgehead atoms. The van der Waals surface area contributed by atoms with Crippen LogP contribution in [0.2, 0.25) is 0 Å². The Labute approximate surface area is 180 Å². The Morgan fingerprint density at radius 1 is 0.871 bits per heavy atom. The van der Waals surface area contributed by atoms with Crippen LogP contribution in [-0.4, -0.2) is 70.9 Å². The van der Waals surface area contributed by atoms with Crippen molar-refractivity contribution in [1.82, 2.24) is 4.90 Å². The molecule has 0 saturated carbocycles. The topological polar surface area (TPSA) is 77.5 Å². The van der Waals surface area contributed by atoms with Gasteiger partial charge in [0.1, 0.15) is 17.1 Å². The molecule has 166 valence electrons. The number of ether oxygens (including phenoxy) is 4. The fraction of sp³-hybridized carbons (Fsp3) is 0.364. The Hall–Kier alpha value is -3.49. The van der Waals surface area contributed by atoms with Gasteiger partial charge in [-0.15, -0.1) is 0 Å². The van der Waals surface area contributed by atoms with E-state index >= 15 is 0 Å². The quantitative estimate of drug-likeness (QED) is 0.622. The second-order valence-corrected chi connectivity index (χ2v) is 6.83. The Morgan fingerprint density at radius 3 is 2.03 bits per heavy atom. The lowest BCUT2D eigenvalue weighted by atomic mass is 10.1. The van der Waals surface area contributed by atoms with E-state index in [9.17, 15) is 14.0 Å². The van der Waals surface area contributed by atoms with Crippen molar-refractivity contribution in [2.45, 2.75) is 0 Å². The van der Waals surface area contributed by atoms with E-state index in [4.69, 9.17) is 18.9 Å². The van der Waals surface area contributed by atoms with Gasteiger partial charge in [-0.05, 0) is 24.3 Å². The van der Waals surface area contributed by atoms with Crippen molar-refractivity contribution in [3.05, 3.63) is 47.8 Å². The van der Waals surface area contributed by atoms with Crippen LogP contribution < -0.4 is 19.1 Å². The maximum atomic E-state index is 13.1. The van der Waals surface area contributed by atoms with Gasteiger partial charge in [0, 0.05) is 44.0 Å². The summed E-state index contributed by atoms with van der Waals surface area (Å²) in [6.07, 6.45) is 0. The zero-order valence-corrected chi connectivity index (χ0v) is 17.7. The molecule has 3 rings (SSSR count). The third kappa shape index (κ3) is 5.17. The normalized spacial score (nSPS) is 13.5. The number of esters is 1. The Balaban J connectivity index is 1.56. The predicted molar refractivity (Wildman–Crippen MR) is 112 cm³/mol. The summed E-state index contributed by atoms with van der Waals surface area (Å²) < 4.78 is 34.0. The van der Waals surface area contributed by atoms with Gasteiger partial charge >= 0.3 is 5.97 Å². The lowest BCUT2D eigenvalue weighted by molar-refractivity contribution is -0.134. The number of nitrogens with zero attached hydrogens (tertiary/aromatic N) is 2. The molecule has 1 aliphatic heterocycles. The standard InChI is InChI=1S/C22H25FN2O6/c1-28-18-13-20(30-3)19(29-2)12-17(18)22(27)31-14-21(26)25-10-8-24(9-11-25)16-6-4-15(23)5-7-16/h4-7,12-13H,8-11,14H2,1-3H3. The predicted octanol–water partition coefficient (Wildman–Crippen LogP) is 2.36. The number of rotatable bonds is 7. The highest BCUT2D eigenvalue weighted by atomic mass is 19.1. The van der Waals surface area contributed by atoms with Gasteiger partial charge in [0.15, 0.2) is 18.1 Å². The van der Waals surface area contributed by atoms with E-state index in [0.29, 0.717) is 37.7 Å². The van der Waals surface area contributed by atoms with E-state index in [0.717, 1.165) is 5.69 Å². The molecule has 0 atom stereocenters. The summed E-state index contributed by atoms with van der Waals surface area (Å²) in [6.45, 7) is 1.79. The first kappa shape index (κ1) is 22.2. The van der Waals surface area contributed by atoms with Crippen molar-refractivity contribution in [1.29, 1.82) is 0 Å². The summed E-state index contributed by atoms with van der Waals surface area (Å²) in [4.78, 5) is 28.8. The van der Waals surface area contributed by atoms with Crippen LogP contribution in [-0.2, 0) is 9.53 Å². The van der Waals surface area contributed by atoms with Crippen molar-refractivity contribution < 1.29 is 32.9 Å². The molecule has 0 N–H and O–H groups in total. The average Bonchev–Trinajstić information content (AvgIpc) is 2.81. The molecule has 0 aliphatic carbocycles. The van der Waals surface area contributed by atoms with Gasteiger partial charge in [0.25, 0.3) is 5.91 Å². The van der Waals surface area contributed by atoms with Crippen LogP contribution in [0.3, 0.4) is 0 Å². The van der Waals surface area contributed by atoms with Crippen molar-refractivity contribution >= 4 is 17.6 Å². The molecule has 2 aromatic carbocycles. The zero-order valence-electron chi connectivity index (χ0n) is 17.7. The SMILES string of the molecule is COc1cc(OC)c(C(=O)OCC(=O)N2CCN(c3ccc(F)cc3)CC2)cc1OC. The van der Waals surface area contributed by atoms with Gasteiger partial charge in [-0.1, -0.05) is 0 Å². The van der Waals surface area contributed by atoms with Crippen molar-refractivity contribution in [3.63, 3.8) is 0 Å². The molecule has 1 aliphatic rings. The molecule has 0 radical (unpaired) electrons. The molecular weight excluding hydrogens is 407 g/mol. The Kier molecular flexibility index (Phi) is 7.17. The zero-order chi connectivity index (χ0) is 22.4. The number of amides is 1. The molecule has 1 saturated heterocycles. The number of carbonyl (C=O) groups excluding carboxylic acids is 2. The molecule has 0 spiro atoms. The molecule has 2 aromatic rings. The van der Waals surface area contributed by atoms with E-state index in [1.165, 1.54) is 45.6 Å². The minimum absolute atomic E-state index is 0.133. The highest BCUT2D eigenvalue weighted by Gasteiger charge is 2.24. The fourth-order valence-electron chi connectivity index (χ4n) is 3.35. The van der Waals surface area contributed by atoms with Crippen LogP contribution in [0.25, 0.3) is 0 Å². The largest absolute Gasteiger partial charge is 0.496 e. The van der Waals surface area contributed by atoms with Gasteiger partial charge < -0.3 is 28.7 Å². The number of piperazine rings is 1. The maximum absolute atomic E-state index is 13.1. The lowest BCUT2D eigenvalue weighted by Gasteiger charge is -2.36. The van der Waals surface area contributed by atoms with Gasteiger partial charge in [-0.3, -0.25) is 4.79 Å². The fourth-order valence-corrected chi connectivity index (χ4v) is 3.35. The third-order valence-electron chi connectivity index (χ3n) is 5.08. The Bertz CT molecular complexity index is 926. The van der Waals surface area contributed by atoms with Crippen molar-refractivity contribution in [2.75, 3.05) is 59.0 Å². The number of hydrogen-bond acceptors (Lipinski definition) is 7. The summed E-state index contributed by atoms with van der Waals surface area (Å²) in [5, 5.41) is 0. The molecule has 9 heteroatoms. The first-order chi connectivity index (χ1) is 15.0. The van der Waals surface area contributed by atoms with E-state index in [1.54, 1.807) is 17.0 Å². The van der Waals surface area contributed by atoms with Crippen LogP contribution in [0.1, 0.15) is 10.4 Å². The molecule has 1 fully saturated rings. The minimum atomic E-state index is -0.698. The minimum Gasteiger partial charge on any atom is -0.496 e. The first-order valence-electron chi connectivity index (χ1n) is 9.72. The van der Waals surface area contributed by atoms with E-state index in [-0.39, 0.29) is 29.6 Å². The molecule has 1 amide bonds. The van der Waals surface area contributed by atoms with Crippen molar-refractivity contribution in [3.8, 4) is 17.2 Å². The second kappa shape index (κ2) is 10.0. The number of benzene rings is 2. The van der Waals surface area contributed by atoms with Gasteiger partial charge in [0.2, 0.25) is 0 Å². The van der Waals surface area contributed by atoms with E-state index in [1.807, 2.05) is 0 Å². The highest BCUT2D eigenvalue weighted by molar-refractivity contribution is 5.95. The summed E-state index contributed by atoms with van der Waals surface area (Å²) in [5.74, 6) is -0.263. The van der Waals surface area contributed by atoms with Crippen LogP contribution in [0.4, 0.5) is 10.1 Å². The Morgan fingerprint density at radius 2 is 1.45 bits per heavy atom. The number of anilines is 1. The number of methoxy groups -OCH3 is 3. The van der Waals surface area contributed by atoms with Crippen LogP contribution in [0.5, 0.6) is 17.2 Å². The maximum Gasteiger partial charge on any atom is 0.342 e. The molecule has 1 heterocycles. The highest BCUT2D eigenvalue weighted by Crippen LogP contribution is 2.34. The van der Waals surface area contributed by atoms with E-state index in [2.05, 4.69) is 4.90 Å². The second-order valence-electron chi connectivity index (χ2n) is 6.83. The average molecular weight is 432 g/mol.